The number of amides is 4. The lowest BCUT2D eigenvalue weighted by molar-refractivity contribution is -0.119. The van der Waals surface area contributed by atoms with Gasteiger partial charge in [-0.3, -0.25) is 29.9 Å². The Kier molecular flexibility index (Phi) is 5.58. The fourth-order valence-electron chi connectivity index (χ4n) is 3.42. The molecule has 168 valence electrons. The first-order valence-corrected chi connectivity index (χ1v) is 9.72. The highest BCUT2D eigenvalue weighted by atomic mass is 19.1. The molecule has 1 atom stereocenters. The number of aromatic amines is 2. The van der Waals surface area contributed by atoms with E-state index in [-0.39, 0.29) is 22.4 Å². The molecular formula is C22H18FN5O5. The summed E-state index contributed by atoms with van der Waals surface area (Å²) < 4.78 is 18.8. The van der Waals surface area contributed by atoms with E-state index in [2.05, 4.69) is 27.4 Å². The molecule has 2 aromatic carbocycles. The van der Waals surface area contributed by atoms with Crippen LogP contribution in [-0.2, 0) is 11.3 Å². The van der Waals surface area contributed by atoms with Gasteiger partial charge in [-0.25, -0.2) is 9.18 Å². The first-order valence-electron chi connectivity index (χ1n) is 9.72. The summed E-state index contributed by atoms with van der Waals surface area (Å²) in [5, 5.41) is 9.03. The van der Waals surface area contributed by atoms with E-state index >= 15 is 0 Å². The lowest BCUT2D eigenvalue weighted by Crippen LogP contribution is -2.26. The molecule has 5 rings (SSSR count). The normalized spacial score (nSPS) is 16.4. The second-order valence-electron chi connectivity index (χ2n) is 7.31. The Labute approximate surface area is 186 Å². The van der Waals surface area contributed by atoms with Crippen molar-refractivity contribution in [2.75, 3.05) is 14.2 Å². The van der Waals surface area contributed by atoms with Gasteiger partial charge in [-0.2, -0.15) is 0 Å². The molecule has 1 saturated heterocycles. The molecule has 3 heterocycles. The molecule has 4 amide bonds. The fourth-order valence-corrected chi connectivity index (χ4v) is 3.42. The number of hydrogen-bond donors (Lipinski definition) is 4. The van der Waals surface area contributed by atoms with E-state index < -0.39 is 29.4 Å². The highest BCUT2D eigenvalue weighted by molar-refractivity contribution is 6.06. The summed E-state index contributed by atoms with van der Waals surface area (Å²) in [4.78, 5) is 46.7. The van der Waals surface area contributed by atoms with Crippen LogP contribution < -0.4 is 20.9 Å². The minimum absolute atomic E-state index is 0.0777. The predicted octanol–water partition coefficient (Wildman–Crippen LogP) is 0.836. The maximum absolute atomic E-state index is 13.7. The van der Waals surface area contributed by atoms with E-state index in [0.717, 1.165) is 22.9 Å². The smallest absolute Gasteiger partial charge is 0.322 e. The molecule has 1 aromatic heterocycles. The van der Waals surface area contributed by atoms with Gasteiger partial charge in [0.1, 0.15) is 17.0 Å². The molecule has 0 saturated carbocycles. The first-order chi connectivity index (χ1) is 15.8. The third kappa shape index (κ3) is 4.27. The van der Waals surface area contributed by atoms with Gasteiger partial charge in [0.15, 0.2) is 6.04 Å². The number of carbonyl (C=O) groups excluding carboxylic acids is 3. The average molecular weight is 451 g/mol. The standard InChI is InChI=1S/C12H7FN4O3.C10H11NO2/c13-6-3-5(4-8-9(6)11(19)17-16-8)1-2-7-10(18)15-12(20)14-7;1-11-6-7-3-4-8(13-2)5-9(7)10(11)12/h3-4,7H,(H2,16,17,19)(H2,14,15,18,20);3-5H,6H2,1-2H3/t7-;/m0./s1. The number of nitrogens with zero attached hydrogens (tertiary/aromatic N) is 1. The van der Waals surface area contributed by atoms with Crippen LogP contribution in [0.25, 0.3) is 10.9 Å². The number of hydrogen-bond acceptors (Lipinski definition) is 5. The maximum Gasteiger partial charge on any atom is 0.322 e. The van der Waals surface area contributed by atoms with Crippen molar-refractivity contribution in [2.24, 2.45) is 0 Å². The number of benzene rings is 2. The Morgan fingerprint density at radius 3 is 2.61 bits per heavy atom. The van der Waals surface area contributed by atoms with Crippen molar-refractivity contribution in [3.63, 3.8) is 0 Å². The van der Waals surface area contributed by atoms with Crippen molar-refractivity contribution in [3.05, 3.63) is 63.2 Å². The van der Waals surface area contributed by atoms with Crippen molar-refractivity contribution >= 4 is 28.7 Å². The Hall–Kier alpha value is -4.59. The van der Waals surface area contributed by atoms with E-state index in [1.54, 1.807) is 25.1 Å². The number of aromatic nitrogens is 2. The van der Waals surface area contributed by atoms with E-state index in [9.17, 15) is 23.6 Å². The van der Waals surface area contributed by atoms with Gasteiger partial charge >= 0.3 is 6.03 Å². The third-order valence-electron chi connectivity index (χ3n) is 5.06. The number of H-pyrrole nitrogens is 2. The van der Waals surface area contributed by atoms with Crippen LogP contribution in [0.15, 0.2) is 35.1 Å². The quantitative estimate of drug-likeness (QED) is 0.321. The average Bonchev–Trinajstić information content (AvgIpc) is 3.41. The number of rotatable bonds is 1. The SMILES string of the molecule is COc1ccc2c(c1)C(=O)N(C)C2.O=C1NC(=O)[C@H](C#Cc2cc(F)c3c(=O)[nH][nH]c3c2)N1. The lowest BCUT2D eigenvalue weighted by Gasteiger charge is -2.04. The van der Waals surface area contributed by atoms with E-state index in [1.165, 1.54) is 6.07 Å². The molecule has 0 bridgehead atoms. The molecular weight excluding hydrogens is 433 g/mol. The Morgan fingerprint density at radius 2 is 1.91 bits per heavy atom. The summed E-state index contributed by atoms with van der Waals surface area (Å²) in [6, 6.07) is 6.59. The van der Waals surface area contributed by atoms with Gasteiger partial charge in [-0.1, -0.05) is 17.9 Å². The van der Waals surface area contributed by atoms with Crippen LogP contribution in [0.5, 0.6) is 5.75 Å². The van der Waals surface area contributed by atoms with Crippen LogP contribution in [-0.4, -0.2) is 53.1 Å². The zero-order chi connectivity index (χ0) is 23.7. The fraction of sp³-hybridized carbons (Fsp3) is 0.182. The zero-order valence-electron chi connectivity index (χ0n) is 17.5. The van der Waals surface area contributed by atoms with Crippen molar-refractivity contribution in [1.82, 2.24) is 25.7 Å². The van der Waals surface area contributed by atoms with Gasteiger partial charge in [0, 0.05) is 24.7 Å². The number of nitrogens with one attached hydrogen (secondary N) is 4. The van der Waals surface area contributed by atoms with Gasteiger partial charge in [-0.05, 0) is 29.8 Å². The highest BCUT2D eigenvalue weighted by Gasteiger charge is 2.27. The summed E-state index contributed by atoms with van der Waals surface area (Å²) >= 11 is 0. The summed E-state index contributed by atoms with van der Waals surface area (Å²) in [6.45, 7) is 0.707. The summed E-state index contributed by atoms with van der Waals surface area (Å²) in [6.07, 6.45) is 0. The first kappa shape index (κ1) is 21.6. The molecule has 2 aliphatic rings. The molecule has 1 fully saturated rings. The summed E-state index contributed by atoms with van der Waals surface area (Å²) in [5.74, 6) is 4.64. The summed E-state index contributed by atoms with van der Waals surface area (Å²) in [5.41, 5.74) is 1.84. The van der Waals surface area contributed by atoms with Crippen LogP contribution in [0.1, 0.15) is 21.5 Å². The number of urea groups is 1. The van der Waals surface area contributed by atoms with Gasteiger partial charge in [0.25, 0.3) is 17.4 Å². The molecule has 0 unspecified atom stereocenters. The molecule has 4 N–H and O–H groups in total. The minimum atomic E-state index is -0.966. The van der Waals surface area contributed by atoms with Crippen molar-refractivity contribution in [2.45, 2.75) is 12.6 Å². The molecule has 0 radical (unpaired) electrons. The van der Waals surface area contributed by atoms with Crippen molar-refractivity contribution < 1.29 is 23.5 Å². The lowest BCUT2D eigenvalue weighted by atomic mass is 10.1. The van der Waals surface area contributed by atoms with Gasteiger partial charge in [-0.15, -0.1) is 0 Å². The number of halogens is 1. The van der Waals surface area contributed by atoms with Gasteiger partial charge in [0.2, 0.25) is 0 Å². The maximum atomic E-state index is 13.7. The second-order valence-corrected chi connectivity index (χ2v) is 7.31. The Balaban J connectivity index is 0.000000172. The predicted molar refractivity (Wildman–Crippen MR) is 115 cm³/mol. The Bertz CT molecular complexity index is 1410. The number of ether oxygens (including phenoxy) is 1. The molecule has 2 aliphatic heterocycles. The Morgan fingerprint density at radius 1 is 1.12 bits per heavy atom. The van der Waals surface area contributed by atoms with Gasteiger partial charge in [0.05, 0.1) is 12.6 Å². The topological polar surface area (TPSA) is 136 Å². The van der Waals surface area contributed by atoms with E-state index in [1.807, 2.05) is 17.4 Å². The zero-order valence-corrected chi connectivity index (χ0v) is 17.5. The molecule has 3 aromatic rings. The minimum Gasteiger partial charge on any atom is -0.497 e. The van der Waals surface area contributed by atoms with Crippen LogP contribution in [0, 0.1) is 17.7 Å². The molecule has 10 nitrogen and oxygen atoms in total. The number of fused-ring (bicyclic) bond motifs is 2. The van der Waals surface area contributed by atoms with Crippen LogP contribution >= 0.6 is 0 Å². The number of methoxy groups -OCH3 is 1. The molecule has 0 spiro atoms. The largest absolute Gasteiger partial charge is 0.497 e. The molecule has 33 heavy (non-hydrogen) atoms. The number of imide groups is 1. The van der Waals surface area contributed by atoms with E-state index in [0.29, 0.717) is 6.54 Å². The third-order valence-corrected chi connectivity index (χ3v) is 5.06. The van der Waals surface area contributed by atoms with E-state index in [4.69, 9.17) is 4.74 Å². The van der Waals surface area contributed by atoms with Gasteiger partial charge < -0.3 is 15.0 Å². The van der Waals surface area contributed by atoms with Crippen molar-refractivity contribution in [1.29, 1.82) is 0 Å². The monoisotopic (exact) mass is 451 g/mol. The second kappa shape index (κ2) is 8.51. The number of carbonyl (C=O) groups is 3. The molecule has 0 aliphatic carbocycles. The summed E-state index contributed by atoms with van der Waals surface area (Å²) in [7, 11) is 3.40. The molecule has 11 heteroatoms. The van der Waals surface area contributed by atoms with Crippen LogP contribution in [0.3, 0.4) is 0 Å². The van der Waals surface area contributed by atoms with Crippen LogP contribution in [0.4, 0.5) is 9.18 Å². The van der Waals surface area contributed by atoms with Crippen molar-refractivity contribution in [3.8, 4) is 17.6 Å². The van der Waals surface area contributed by atoms with Crippen LogP contribution in [0.2, 0.25) is 0 Å². The highest BCUT2D eigenvalue weighted by Crippen LogP contribution is 2.25.